The third-order valence-electron chi connectivity index (χ3n) is 4.58. The SMILES string of the molecule is COc1cc(C=O)c([N+](=O)[O-])cc1OCCCCCOc1cc([N+](=O)[O-])c(C=O)cc1OC. The molecule has 33 heavy (non-hydrogen) atoms. The van der Waals surface area contributed by atoms with Crippen molar-refractivity contribution in [3.63, 3.8) is 0 Å². The van der Waals surface area contributed by atoms with Crippen molar-refractivity contribution >= 4 is 23.9 Å². The summed E-state index contributed by atoms with van der Waals surface area (Å²) in [6, 6.07) is 4.79. The van der Waals surface area contributed by atoms with Crippen LogP contribution in [0.4, 0.5) is 11.4 Å². The van der Waals surface area contributed by atoms with Crippen molar-refractivity contribution in [3.8, 4) is 23.0 Å². The molecule has 0 aliphatic carbocycles. The average molecular weight is 462 g/mol. The first-order valence-corrected chi connectivity index (χ1v) is 9.75. The minimum absolute atomic E-state index is 0.113. The average Bonchev–Trinajstić information content (AvgIpc) is 2.82. The Balaban J connectivity index is 1.89. The van der Waals surface area contributed by atoms with E-state index in [1.165, 1.54) is 26.4 Å². The summed E-state index contributed by atoms with van der Waals surface area (Å²) in [6.45, 7) is 0.466. The maximum absolute atomic E-state index is 11.1. The number of rotatable bonds is 14. The molecule has 0 saturated heterocycles. The van der Waals surface area contributed by atoms with Crippen LogP contribution in [0.25, 0.3) is 0 Å². The molecule has 0 radical (unpaired) electrons. The predicted octanol–water partition coefficient (Wildman–Crippen LogP) is 3.77. The minimum atomic E-state index is -0.673. The van der Waals surface area contributed by atoms with E-state index in [1.807, 2.05) is 0 Å². The molecule has 0 saturated carbocycles. The minimum Gasteiger partial charge on any atom is -0.493 e. The Morgan fingerprint density at radius 3 is 1.39 bits per heavy atom. The third kappa shape index (κ3) is 6.38. The van der Waals surface area contributed by atoms with E-state index < -0.39 is 9.85 Å². The fraction of sp³-hybridized carbons (Fsp3) is 0.333. The van der Waals surface area contributed by atoms with Gasteiger partial charge in [-0.3, -0.25) is 29.8 Å². The van der Waals surface area contributed by atoms with Crippen LogP contribution in [0.5, 0.6) is 23.0 Å². The summed E-state index contributed by atoms with van der Waals surface area (Å²) in [6.07, 6.45) is 2.57. The van der Waals surface area contributed by atoms with Gasteiger partial charge in [0.05, 0.1) is 60.5 Å². The van der Waals surface area contributed by atoms with Crippen LogP contribution in [0.1, 0.15) is 40.0 Å². The summed E-state index contributed by atoms with van der Waals surface area (Å²) in [4.78, 5) is 42.9. The molecular weight excluding hydrogens is 440 g/mol. The Morgan fingerprint density at radius 1 is 0.697 bits per heavy atom. The van der Waals surface area contributed by atoms with Gasteiger partial charge in [0.15, 0.2) is 35.6 Å². The lowest BCUT2D eigenvalue weighted by atomic mass is 10.1. The number of unbranched alkanes of at least 4 members (excludes halogenated alkanes) is 2. The second kappa shape index (κ2) is 12.0. The summed E-state index contributed by atoms with van der Waals surface area (Å²) in [5.41, 5.74) is -0.980. The number of carbonyl (C=O) groups excluding carboxylic acids is 2. The Hall–Kier alpha value is -4.22. The topological polar surface area (TPSA) is 157 Å². The zero-order valence-electron chi connectivity index (χ0n) is 18.0. The van der Waals surface area contributed by atoms with Gasteiger partial charge in [0, 0.05) is 12.1 Å². The molecule has 2 rings (SSSR count). The van der Waals surface area contributed by atoms with Gasteiger partial charge in [-0.1, -0.05) is 0 Å². The molecule has 0 aromatic heterocycles. The Labute approximate surface area is 188 Å². The highest BCUT2D eigenvalue weighted by molar-refractivity contribution is 5.84. The number of carbonyl (C=O) groups is 2. The van der Waals surface area contributed by atoms with Crippen LogP contribution in [0.2, 0.25) is 0 Å². The van der Waals surface area contributed by atoms with Crippen LogP contribution in [0, 0.1) is 20.2 Å². The fourth-order valence-electron chi connectivity index (χ4n) is 2.92. The molecule has 0 unspecified atom stereocenters. The largest absolute Gasteiger partial charge is 0.493 e. The number of methoxy groups -OCH3 is 2. The highest BCUT2D eigenvalue weighted by Crippen LogP contribution is 2.35. The number of nitro groups is 2. The monoisotopic (exact) mass is 462 g/mol. The number of hydrogen-bond donors (Lipinski definition) is 0. The molecule has 0 bridgehead atoms. The summed E-state index contributed by atoms with van der Waals surface area (Å²) in [5, 5.41) is 22.2. The lowest BCUT2D eigenvalue weighted by molar-refractivity contribution is -0.385. The van der Waals surface area contributed by atoms with Crippen molar-refractivity contribution in [3.05, 3.63) is 55.6 Å². The summed E-state index contributed by atoms with van der Waals surface area (Å²) >= 11 is 0. The van der Waals surface area contributed by atoms with Crippen LogP contribution in [0.15, 0.2) is 24.3 Å². The predicted molar refractivity (Wildman–Crippen MR) is 115 cm³/mol. The second-order valence-corrected chi connectivity index (χ2v) is 6.63. The Kier molecular flexibility index (Phi) is 9.09. The van der Waals surface area contributed by atoms with Gasteiger partial charge in [0.25, 0.3) is 11.4 Å². The standard InChI is InChI=1S/C21H22N2O10/c1-30-18-8-14(12-24)16(22(26)27)10-20(18)32-6-4-3-5-7-33-21-11-17(23(28)29)15(13-25)9-19(21)31-2/h8-13H,3-7H2,1-2H3. The number of benzene rings is 2. The zero-order chi connectivity index (χ0) is 24.4. The maximum Gasteiger partial charge on any atom is 0.283 e. The van der Waals surface area contributed by atoms with E-state index in [1.54, 1.807) is 0 Å². The molecule has 0 amide bonds. The number of aldehydes is 2. The van der Waals surface area contributed by atoms with Gasteiger partial charge < -0.3 is 18.9 Å². The van der Waals surface area contributed by atoms with Crippen molar-refractivity contribution in [1.29, 1.82) is 0 Å². The molecule has 0 heterocycles. The lowest BCUT2D eigenvalue weighted by Gasteiger charge is -2.12. The number of nitro benzene ring substituents is 2. The van der Waals surface area contributed by atoms with Gasteiger partial charge >= 0.3 is 0 Å². The van der Waals surface area contributed by atoms with E-state index in [4.69, 9.17) is 18.9 Å². The van der Waals surface area contributed by atoms with Crippen LogP contribution in [-0.2, 0) is 0 Å². The van der Waals surface area contributed by atoms with E-state index in [9.17, 15) is 29.8 Å². The summed E-state index contributed by atoms with van der Waals surface area (Å²) < 4.78 is 21.4. The van der Waals surface area contributed by atoms with Gasteiger partial charge in [0.1, 0.15) is 0 Å². The molecule has 2 aromatic carbocycles. The first-order chi connectivity index (χ1) is 15.9. The molecule has 0 aliphatic heterocycles. The Bertz CT molecular complexity index is 957. The molecule has 0 aliphatic rings. The molecule has 12 nitrogen and oxygen atoms in total. The normalized spacial score (nSPS) is 10.2. The molecule has 12 heteroatoms. The summed E-state index contributed by atoms with van der Waals surface area (Å²) in [5.74, 6) is 0.716. The van der Waals surface area contributed by atoms with E-state index in [2.05, 4.69) is 0 Å². The van der Waals surface area contributed by atoms with Crippen molar-refractivity contribution in [2.24, 2.45) is 0 Å². The van der Waals surface area contributed by atoms with Crippen molar-refractivity contribution in [2.45, 2.75) is 19.3 Å². The van der Waals surface area contributed by atoms with Crippen molar-refractivity contribution < 1.29 is 38.4 Å². The van der Waals surface area contributed by atoms with E-state index in [0.29, 0.717) is 31.8 Å². The molecule has 2 aromatic rings. The number of hydrogen-bond acceptors (Lipinski definition) is 10. The quantitative estimate of drug-likeness (QED) is 0.175. The van der Waals surface area contributed by atoms with E-state index >= 15 is 0 Å². The van der Waals surface area contributed by atoms with Crippen LogP contribution < -0.4 is 18.9 Å². The van der Waals surface area contributed by atoms with Crippen LogP contribution >= 0.6 is 0 Å². The van der Waals surface area contributed by atoms with Gasteiger partial charge in [0.2, 0.25) is 0 Å². The second-order valence-electron chi connectivity index (χ2n) is 6.63. The molecule has 176 valence electrons. The molecule has 0 fully saturated rings. The Morgan fingerprint density at radius 2 is 1.09 bits per heavy atom. The molecule has 0 atom stereocenters. The zero-order valence-corrected chi connectivity index (χ0v) is 18.0. The maximum atomic E-state index is 11.1. The van der Waals surface area contributed by atoms with E-state index in [-0.39, 0.29) is 58.7 Å². The number of nitrogens with zero attached hydrogens (tertiary/aromatic N) is 2. The fourth-order valence-corrected chi connectivity index (χ4v) is 2.92. The number of ether oxygens (including phenoxy) is 4. The highest BCUT2D eigenvalue weighted by atomic mass is 16.6. The van der Waals surface area contributed by atoms with Gasteiger partial charge in [-0.25, -0.2) is 0 Å². The van der Waals surface area contributed by atoms with Crippen LogP contribution in [-0.4, -0.2) is 49.9 Å². The molecule has 0 spiro atoms. The highest BCUT2D eigenvalue weighted by Gasteiger charge is 2.20. The third-order valence-corrected chi connectivity index (χ3v) is 4.58. The van der Waals surface area contributed by atoms with Crippen molar-refractivity contribution in [1.82, 2.24) is 0 Å². The van der Waals surface area contributed by atoms with Crippen LogP contribution in [0.3, 0.4) is 0 Å². The van der Waals surface area contributed by atoms with E-state index in [0.717, 1.165) is 12.1 Å². The first kappa shape index (κ1) is 25.0. The van der Waals surface area contributed by atoms with Gasteiger partial charge in [-0.05, 0) is 19.3 Å². The van der Waals surface area contributed by atoms with Gasteiger partial charge in [-0.15, -0.1) is 0 Å². The smallest absolute Gasteiger partial charge is 0.283 e. The summed E-state index contributed by atoms with van der Waals surface area (Å²) in [7, 11) is 2.72. The van der Waals surface area contributed by atoms with Crippen molar-refractivity contribution in [2.75, 3.05) is 27.4 Å². The first-order valence-electron chi connectivity index (χ1n) is 9.75. The lowest BCUT2D eigenvalue weighted by Crippen LogP contribution is -2.04. The van der Waals surface area contributed by atoms with Gasteiger partial charge in [-0.2, -0.15) is 0 Å². The molecule has 0 N–H and O–H groups in total. The molecular formula is C21H22N2O10.